The number of fused-ring (bicyclic) bond motifs is 1. The van der Waals surface area contributed by atoms with E-state index in [1.54, 1.807) is 12.1 Å². The van der Waals surface area contributed by atoms with Gasteiger partial charge in [0.2, 0.25) is 0 Å². The molecule has 3 rings (SSSR count). The first-order chi connectivity index (χ1) is 14.3. The Morgan fingerprint density at radius 1 is 1.13 bits per heavy atom. The summed E-state index contributed by atoms with van der Waals surface area (Å²) in [7, 11) is 1.36. The van der Waals surface area contributed by atoms with Gasteiger partial charge in [0, 0.05) is 11.8 Å². The topological polar surface area (TPSA) is 48.4 Å². The number of aryl methyl sites for hydroxylation is 1. The Hall–Kier alpha value is -2.80. The van der Waals surface area contributed by atoms with Gasteiger partial charge in [-0.2, -0.15) is 13.2 Å². The summed E-state index contributed by atoms with van der Waals surface area (Å²) in [5.74, 6) is 0.419. The quantitative estimate of drug-likeness (QED) is 0.426. The largest absolute Gasteiger partial charge is 0.489 e. The highest BCUT2D eigenvalue weighted by Crippen LogP contribution is 2.33. The molecule has 0 aliphatic rings. The lowest BCUT2D eigenvalue weighted by Gasteiger charge is -2.13. The van der Waals surface area contributed by atoms with E-state index in [1.165, 1.54) is 13.2 Å². The third-order valence-electron chi connectivity index (χ3n) is 4.53. The second kappa shape index (κ2) is 9.34. The van der Waals surface area contributed by atoms with Crippen LogP contribution in [0, 0.1) is 0 Å². The van der Waals surface area contributed by atoms with Gasteiger partial charge < -0.3 is 9.47 Å². The van der Waals surface area contributed by atoms with E-state index in [0.717, 1.165) is 17.2 Å². The van der Waals surface area contributed by atoms with Gasteiger partial charge in [-0.05, 0) is 48.2 Å². The molecule has 0 aliphatic carbocycles. The number of carbonyl (C=O) groups is 1. The van der Waals surface area contributed by atoms with Gasteiger partial charge in [-0.3, -0.25) is 4.79 Å². The Morgan fingerprint density at radius 2 is 1.90 bits per heavy atom. The average molecular weight is 438 g/mol. The number of ether oxygens (including phenoxy) is 2. The van der Waals surface area contributed by atoms with Crippen LogP contribution in [-0.4, -0.2) is 18.1 Å². The van der Waals surface area contributed by atoms with Crippen LogP contribution >= 0.6 is 11.6 Å². The molecule has 0 aliphatic heterocycles. The summed E-state index contributed by atoms with van der Waals surface area (Å²) in [6, 6.07) is 13.1. The van der Waals surface area contributed by atoms with E-state index in [4.69, 9.17) is 16.3 Å². The van der Waals surface area contributed by atoms with Gasteiger partial charge in [0.25, 0.3) is 0 Å². The van der Waals surface area contributed by atoms with Crippen molar-refractivity contribution in [2.45, 2.75) is 32.0 Å². The molecule has 158 valence electrons. The number of methoxy groups -OCH3 is 1. The van der Waals surface area contributed by atoms with Gasteiger partial charge in [0.1, 0.15) is 18.1 Å². The van der Waals surface area contributed by atoms with Crippen LogP contribution in [0.5, 0.6) is 5.75 Å². The number of rotatable bonds is 7. The summed E-state index contributed by atoms with van der Waals surface area (Å²) in [6.07, 6.45) is -2.96. The molecule has 1 aromatic heterocycles. The molecule has 0 N–H and O–H groups in total. The molecule has 0 spiro atoms. The predicted molar refractivity (Wildman–Crippen MR) is 107 cm³/mol. The summed E-state index contributed by atoms with van der Waals surface area (Å²) in [5.41, 5.74) is 0.846. The maximum atomic E-state index is 12.9. The molecule has 8 heteroatoms. The van der Waals surface area contributed by atoms with Crippen LogP contribution in [0.1, 0.15) is 29.7 Å². The molecule has 1 heterocycles. The zero-order valence-corrected chi connectivity index (χ0v) is 16.9. The van der Waals surface area contributed by atoms with Crippen LogP contribution in [0.4, 0.5) is 13.2 Å². The van der Waals surface area contributed by atoms with Crippen molar-refractivity contribution in [3.63, 3.8) is 0 Å². The number of halogens is 4. The number of alkyl halides is 3. The third-order valence-corrected chi connectivity index (χ3v) is 4.85. The highest BCUT2D eigenvalue weighted by Gasteiger charge is 2.33. The van der Waals surface area contributed by atoms with Crippen molar-refractivity contribution < 1.29 is 27.4 Å². The molecule has 3 aromatic rings. The Balaban J connectivity index is 1.73. The highest BCUT2D eigenvalue weighted by molar-refractivity contribution is 6.35. The Labute approximate surface area is 176 Å². The minimum Gasteiger partial charge on any atom is -0.489 e. The molecule has 0 fully saturated rings. The second-order valence-corrected chi connectivity index (χ2v) is 7.07. The maximum Gasteiger partial charge on any atom is 0.433 e. The SMILES string of the molecule is COC(=O)CCCc1ccccc1OCc1ccc2nc(C(F)(F)F)cc(Cl)c2c1. The summed E-state index contributed by atoms with van der Waals surface area (Å²) >= 11 is 6.06. The molecule has 0 amide bonds. The van der Waals surface area contributed by atoms with Gasteiger partial charge in [-0.25, -0.2) is 4.98 Å². The van der Waals surface area contributed by atoms with E-state index >= 15 is 0 Å². The number of para-hydroxylation sites is 1. The summed E-state index contributed by atoms with van der Waals surface area (Å²) in [5, 5.41) is 0.412. The van der Waals surface area contributed by atoms with E-state index in [-0.39, 0.29) is 23.1 Å². The normalized spacial score (nSPS) is 11.5. The van der Waals surface area contributed by atoms with E-state index in [2.05, 4.69) is 9.72 Å². The molecule has 0 unspecified atom stereocenters. The first-order valence-electron chi connectivity index (χ1n) is 9.22. The number of benzene rings is 2. The van der Waals surface area contributed by atoms with Crippen molar-refractivity contribution in [2.24, 2.45) is 0 Å². The van der Waals surface area contributed by atoms with Crippen molar-refractivity contribution in [3.05, 3.63) is 70.4 Å². The van der Waals surface area contributed by atoms with Crippen LogP contribution in [0.15, 0.2) is 48.5 Å². The number of aromatic nitrogens is 1. The Kier molecular flexibility index (Phi) is 6.82. The van der Waals surface area contributed by atoms with E-state index < -0.39 is 11.9 Å². The molecule has 0 radical (unpaired) electrons. The van der Waals surface area contributed by atoms with Crippen LogP contribution in [-0.2, 0) is 28.7 Å². The Morgan fingerprint density at radius 3 is 2.63 bits per heavy atom. The number of pyridine rings is 1. The predicted octanol–water partition coefficient (Wildman–Crippen LogP) is 5.98. The van der Waals surface area contributed by atoms with Gasteiger partial charge in [0.15, 0.2) is 0 Å². The number of carbonyl (C=O) groups excluding carboxylic acids is 1. The fraction of sp³-hybridized carbons (Fsp3) is 0.273. The fourth-order valence-corrected chi connectivity index (χ4v) is 3.26. The molecule has 30 heavy (non-hydrogen) atoms. The number of hydrogen-bond acceptors (Lipinski definition) is 4. The van der Waals surface area contributed by atoms with E-state index in [1.807, 2.05) is 24.3 Å². The molecule has 0 saturated heterocycles. The monoisotopic (exact) mass is 437 g/mol. The molecular formula is C22H19ClF3NO3. The average Bonchev–Trinajstić information content (AvgIpc) is 2.72. The summed E-state index contributed by atoms with van der Waals surface area (Å²) < 4.78 is 49.3. The summed E-state index contributed by atoms with van der Waals surface area (Å²) in [6.45, 7) is 0.210. The molecule has 0 atom stereocenters. The molecule has 2 aromatic carbocycles. The molecule has 0 saturated carbocycles. The number of esters is 1. The number of hydrogen-bond donors (Lipinski definition) is 0. The minimum atomic E-state index is -4.56. The van der Waals surface area contributed by atoms with E-state index in [0.29, 0.717) is 30.4 Å². The van der Waals surface area contributed by atoms with Gasteiger partial charge in [-0.15, -0.1) is 0 Å². The highest BCUT2D eigenvalue weighted by atomic mass is 35.5. The van der Waals surface area contributed by atoms with Crippen molar-refractivity contribution in [2.75, 3.05) is 7.11 Å². The standard InChI is InChI=1S/C22H19ClF3NO3/c1-29-21(28)8-4-6-15-5-2-3-7-19(15)30-13-14-9-10-18-16(11-14)17(23)12-20(27-18)22(24,25)26/h2-3,5,7,9-12H,4,6,8,13H2,1H3. The summed E-state index contributed by atoms with van der Waals surface area (Å²) in [4.78, 5) is 14.9. The fourth-order valence-electron chi connectivity index (χ4n) is 3.00. The van der Waals surface area contributed by atoms with Crippen LogP contribution in [0.3, 0.4) is 0 Å². The minimum absolute atomic E-state index is 0.0163. The second-order valence-electron chi connectivity index (χ2n) is 6.66. The van der Waals surface area contributed by atoms with E-state index in [9.17, 15) is 18.0 Å². The molecule has 4 nitrogen and oxygen atoms in total. The lowest BCUT2D eigenvalue weighted by molar-refractivity contribution is -0.141. The van der Waals surface area contributed by atoms with Gasteiger partial charge in [-0.1, -0.05) is 35.9 Å². The van der Waals surface area contributed by atoms with Crippen LogP contribution in [0.25, 0.3) is 10.9 Å². The number of nitrogens with zero attached hydrogens (tertiary/aromatic N) is 1. The lowest BCUT2D eigenvalue weighted by atomic mass is 10.1. The van der Waals surface area contributed by atoms with Crippen molar-refractivity contribution >= 4 is 28.5 Å². The smallest absolute Gasteiger partial charge is 0.433 e. The van der Waals surface area contributed by atoms with Gasteiger partial charge >= 0.3 is 12.1 Å². The van der Waals surface area contributed by atoms with Gasteiger partial charge in [0.05, 0.1) is 17.6 Å². The zero-order valence-electron chi connectivity index (χ0n) is 16.1. The zero-order chi connectivity index (χ0) is 21.7. The van der Waals surface area contributed by atoms with Crippen molar-refractivity contribution in [1.82, 2.24) is 4.98 Å². The third kappa shape index (κ3) is 5.42. The first kappa shape index (κ1) is 21.9. The maximum absolute atomic E-state index is 12.9. The van der Waals surface area contributed by atoms with Crippen LogP contribution < -0.4 is 4.74 Å². The molecular weight excluding hydrogens is 419 g/mol. The lowest BCUT2D eigenvalue weighted by Crippen LogP contribution is -2.08. The Bertz CT molecular complexity index is 1050. The van der Waals surface area contributed by atoms with Crippen molar-refractivity contribution in [3.8, 4) is 5.75 Å². The molecule has 0 bridgehead atoms. The van der Waals surface area contributed by atoms with Crippen molar-refractivity contribution in [1.29, 1.82) is 0 Å². The first-order valence-corrected chi connectivity index (χ1v) is 9.59. The van der Waals surface area contributed by atoms with Crippen LogP contribution in [0.2, 0.25) is 5.02 Å².